The summed E-state index contributed by atoms with van der Waals surface area (Å²) < 4.78 is 0. The predicted molar refractivity (Wildman–Crippen MR) is 58.1 cm³/mol. The predicted octanol–water partition coefficient (Wildman–Crippen LogP) is 1.41. The summed E-state index contributed by atoms with van der Waals surface area (Å²) >= 11 is 0. The van der Waals surface area contributed by atoms with Gasteiger partial charge in [0.2, 0.25) is 0 Å². The Hall–Kier alpha value is -1.36. The van der Waals surface area contributed by atoms with Crippen molar-refractivity contribution in [1.82, 2.24) is 0 Å². The fourth-order valence-electron chi connectivity index (χ4n) is 1.40. The van der Waals surface area contributed by atoms with E-state index in [1.165, 1.54) is 25.7 Å². The van der Waals surface area contributed by atoms with Crippen molar-refractivity contribution in [2.75, 3.05) is 0 Å². The SMILES string of the molecule is O=C(O)/C=C\C(=O)O.OC1CCCCCC1. The van der Waals surface area contributed by atoms with Crippen LogP contribution in [0.15, 0.2) is 12.2 Å². The van der Waals surface area contributed by atoms with Gasteiger partial charge >= 0.3 is 11.9 Å². The van der Waals surface area contributed by atoms with Crippen LogP contribution in [0.4, 0.5) is 0 Å². The van der Waals surface area contributed by atoms with Crippen LogP contribution in [0.25, 0.3) is 0 Å². The highest BCUT2D eigenvalue weighted by Crippen LogP contribution is 2.16. The third kappa shape index (κ3) is 10.7. The van der Waals surface area contributed by atoms with E-state index in [2.05, 4.69) is 0 Å². The topological polar surface area (TPSA) is 94.8 Å². The largest absolute Gasteiger partial charge is 0.478 e. The van der Waals surface area contributed by atoms with Crippen LogP contribution in [0.3, 0.4) is 0 Å². The van der Waals surface area contributed by atoms with Crippen LogP contribution in [-0.2, 0) is 9.59 Å². The highest BCUT2D eigenvalue weighted by molar-refractivity contribution is 5.89. The Bertz CT molecular complexity index is 223. The number of hydrogen-bond acceptors (Lipinski definition) is 3. The van der Waals surface area contributed by atoms with E-state index < -0.39 is 11.9 Å². The normalized spacial score (nSPS) is 17.3. The smallest absolute Gasteiger partial charge is 0.328 e. The molecular formula is C11H18O5. The van der Waals surface area contributed by atoms with Gasteiger partial charge in [-0.05, 0) is 12.8 Å². The lowest BCUT2D eigenvalue weighted by Gasteiger charge is -2.02. The van der Waals surface area contributed by atoms with Crippen LogP contribution in [0.1, 0.15) is 38.5 Å². The average Bonchev–Trinajstić information content (AvgIpc) is 2.44. The molecule has 0 aromatic rings. The molecule has 1 saturated carbocycles. The molecule has 1 aliphatic carbocycles. The van der Waals surface area contributed by atoms with Gasteiger partial charge in [-0.2, -0.15) is 0 Å². The number of carbonyl (C=O) groups is 2. The van der Waals surface area contributed by atoms with E-state index in [0.717, 1.165) is 12.8 Å². The second-order valence-corrected chi connectivity index (χ2v) is 3.66. The zero-order chi connectivity index (χ0) is 12.4. The fraction of sp³-hybridized carbons (Fsp3) is 0.636. The van der Waals surface area contributed by atoms with Crippen molar-refractivity contribution in [3.8, 4) is 0 Å². The van der Waals surface area contributed by atoms with Gasteiger partial charge in [-0.25, -0.2) is 9.59 Å². The van der Waals surface area contributed by atoms with E-state index >= 15 is 0 Å². The molecule has 5 nitrogen and oxygen atoms in total. The summed E-state index contributed by atoms with van der Waals surface area (Å²) in [5.41, 5.74) is 0. The molecule has 0 saturated heterocycles. The number of rotatable bonds is 2. The lowest BCUT2D eigenvalue weighted by molar-refractivity contribution is -0.134. The van der Waals surface area contributed by atoms with Gasteiger partial charge in [-0.1, -0.05) is 25.7 Å². The summed E-state index contributed by atoms with van der Waals surface area (Å²) in [5.74, 6) is -2.51. The zero-order valence-electron chi connectivity index (χ0n) is 9.13. The number of aliphatic carboxylic acids is 2. The molecule has 0 unspecified atom stereocenters. The zero-order valence-corrected chi connectivity index (χ0v) is 9.13. The van der Waals surface area contributed by atoms with Crippen molar-refractivity contribution in [2.24, 2.45) is 0 Å². The van der Waals surface area contributed by atoms with Gasteiger partial charge in [0.25, 0.3) is 0 Å². The molecule has 0 spiro atoms. The van der Waals surface area contributed by atoms with E-state index in [0.29, 0.717) is 12.2 Å². The van der Waals surface area contributed by atoms with Crippen LogP contribution in [0, 0.1) is 0 Å². The summed E-state index contributed by atoms with van der Waals surface area (Å²) in [6, 6.07) is 0. The number of hydrogen-bond donors (Lipinski definition) is 3. The standard InChI is InChI=1S/C7H14O.C4H4O4/c8-7-5-3-1-2-4-6-7;5-3(6)1-2-4(7)8/h7-8H,1-6H2;1-2H,(H,5,6)(H,7,8)/b;2-1-. The molecule has 1 fully saturated rings. The molecule has 0 aromatic heterocycles. The van der Waals surface area contributed by atoms with E-state index in [1.54, 1.807) is 0 Å². The van der Waals surface area contributed by atoms with E-state index in [1.807, 2.05) is 0 Å². The molecule has 0 radical (unpaired) electrons. The Labute approximate surface area is 94.4 Å². The van der Waals surface area contributed by atoms with Gasteiger partial charge in [-0.15, -0.1) is 0 Å². The Kier molecular flexibility index (Phi) is 8.15. The third-order valence-corrected chi connectivity index (χ3v) is 2.19. The van der Waals surface area contributed by atoms with Crippen molar-refractivity contribution in [3.63, 3.8) is 0 Å². The van der Waals surface area contributed by atoms with Gasteiger partial charge < -0.3 is 15.3 Å². The van der Waals surface area contributed by atoms with Crippen LogP contribution in [0.2, 0.25) is 0 Å². The van der Waals surface area contributed by atoms with Crippen LogP contribution < -0.4 is 0 Å². The highest BCUT2D eigenvalue weighted by atomic mass is 16.4. The van der Waals surface area contributed by atoms with E-state index in [4.69, 9.17) is 15.3 Å². The minimum Gasteiger partial charge on any atom is -0.478 e. The number of aliphatic hydroxyl groups is 1. The average molecular weight is 230 g/mol. The van der Waals surface area contributed by atoms with Crippen molar-refractivity contribution in [2.45, 2.75) is 44.6 Å². The summed E-state index contributed by atoms with van der Waals surface area (Å²) in [4.78, 5) is 19.1. The second kappa shape index (κ2) is 8.91. The quantitative estimate of drug-likeness (QED) is 0.492. The summed E-state index contributed by atoms with van der Waals surface area (Å²) in [6.45, 7) is 0. The van der Waals surface area contributed by atoms with E-state index in [9.17, 15) is 9.59 Å². The summed E-state index contributed by atoms with van der Waals surface area (Å²) in [7, 11) is 0. The lowest BCUT2D eigenvalue weighted by atomic mass is 10.2. The molecule has 0 amide bonds. The Morgan fingerprint density at radius 3 is 1.56 bits per heavy atom. The molecule has 0 atom stereocenters. The van der Waals surface area contributed by atoms with Crippen molar-refractivity contribution < 1.29 is 24.9 Å². The van der Waals surface area contributed by atoms with Crippen LogP contribution in [-0.4, -0.2) is 33.4 Å². The molecule has 0 aliphatic heterocycles. The fourth-order valence-corrected chi connectivity index (χ4v) is 1.40. The molecule has 3 N–H and O–H groups in total. The van der Waals surface area contributed by atoms with Gasteiger partial charge in [0.1, 0.15) is 0 Å². The number of aliphatic hydroxyl groups excluding tert-OH is 1. The van der Waals surface area contributed by atoms with Gasteiger partial charge in [0.05, 0.1) is 6.10 Å². The first-order valence-corrected chi connectivity index (χ1v) is 5.34. The Balaban J connectivity index is 0.000000281. The van der Waals surface area contributed by atoms with Crippen molar-refractivity contribution in [1.29, 1.82) is 0 Å². The molecule has 1 aliphatic rings. The first kappa shape index (κ1) is 14.6. The molecule has 0 bridgehead atoms. The Morgan fingerprint density at radius 2 is 1.25 bits per heavy atom. The van der Waals surface area contributed by atoms with Gasteiger partial charge in [-0.3, -0.25) is 0 Å². The minimum atomic E-state index is -1.26. The van der Waals surface area contributed by atoms with Gasteiger partial charge in [0, 0.05) is 12.2 Å². The molecule has 0 heterocycles. The molecule has 5 heteroatoms. The monoisotopic (exact) mass is 230 g/mol. The Morgan fingerprint density at radius 1 is 0.875 bits per heavy atom. The second-order valence-electron chi connectivity index (χ2n) is 3.66. The minimum absolute atomic E-state index is 0.0255. The molecule has 16 heavy (non-hydrogen) atoms. The molecular weight excluding hydrogens is 212 g/mol. The molecule has 92 valence electrons. The van der Waals surface area contributed by atoms with Crippen molar-refractivity contribution >= 4 is 11.9 Å². The highest BCUT2D eigenvalue weighted by Gasteiger charge is 2.06. The van der Waals surface area contributed by atoms with E-state index in [-0.39, 0.29) is 6.10 Å². The van der Waals surface area contributed by atoms with Crippen LogP contribution in [0.5, 0.6) is 0 Å². The third-order valence-electron chi connectivity index (χ3n) is 2.19. The molecule has 0 aromatic carbocycles. The maximum absolute atomic E-state index is 9.55. The maximum Gasteiger partial charge on any atom is 0.328 e. The first-order chi connectivity index (χ1) is 7.52. The first-order valence-electron chi connectivity index (χ1n) is 5.34. The molecule has 1 rings (SSSR count). The van der Waals surface area contributed by atoms with Gasteiger partial charge in [0.15, 0.2) is 0 Å². The van der Waals surface area contributed by atoms with Crippen molar-refractivity contribution in [3.05, 3.63) is 12.2 Å². The summed E-state index contributed by atoms with van der Waals surface area (Å²) in [6.07, 6.45) is 8.36. The van der Waals surface area contributed by atoms with Crippen LogP contribution >= 0.6 is 0 Å². The number of carboxylic acids is 2. The maximum atomic E-state index is 9.55. The summed E-state index contributed by atoms with van der Waals surface area (Å²) in [5, 5.41) is 24.7. The lowest BCUT2D eigenvalue weighted by Crippen LogP contribution is -2.02. The number of carboxylic acid groups (broad SMARTS) is 2.